The largest absolute Gasteiger partial charge is 0.111 e. The van der Waals surface area contributed by atoms with Gasteiger partial charge in [-0.15, -0.1) is 11.7 Å². The van der Waals surface area contributed by atoms with Gasteiger partial charge in [0.05, 0.1) is 0 Å². The van der Waals surface area contributed by atoms with E-state index >= 15 is 0 Å². The first-order valence-corrected chi connectivity index (χ1v) is 5.52. The van der Waals surface area contributed by atoms with Crippen molar-refractivity contribution in [2.45, 2.75) is 27.2 Å². The lowest BCUT2D eigenvalue weighted by Gasteiger charge is -2.16. The fourth-order valence-electron chi connectivity index (χ4n) is 0.877. The third-order valence-corrected chi connectivity index (χ3v) is 2.78. The van der Waals surface area contributed by atoms with Crippen molar-refractivity contribution in [2.75, 3.05) is 5.75 Å². The van der Waals surface area contributed by atoms with Crippen molar-refractivity contribution in [1.82, 2.24) is 0 Å². The average molecular weight is 164 g/mol. The van der Waals surface area contributed by atoms with Crippen LogP contribution in [0.2, 0.25) is 0 Å². The Kier molecular flexibility index (Phi) is 5.91. The standard InChI is InChI=1S/C7H16S2/c1-4-7(5-9-8)6(2)3/h6-8H,4-5H2,1-3H3. The first-order valence-electron chi connectivity index (χ1n) is 3.48. The van der Waals surface area contributed by atoms with E-state index in [9.17, 15) is 0 Å². The second-order valence-corrected chi connectivity index (χ2v) is 4.07. The maximum absolute atomic E-state index is 4.13. The van der Waals surface area contributed by atoms with Gasteiger partial charge in [-0.3, -0.25) is 0 Å². The molecule has 56 valence electrons. The van der Waals surface area contributed by atoms with E-state index in [1.807, 2.05) is 0 Å². The fourth-order valence-corrected chi connectivity index (χ4v) is 2.26. The van der Waals surface area contributed by atoms with E-state index in [1.54, 1.807) is 10.8 Å². The zero-order valence-corrected chi connectivity index (χ0v) is 8.14. The Balaban J connectivity index is 3.41. The lowest BCUT2D eigenvalue weighted by Crippen LogP contribution is -2.09. The molecule has 0 aromatic rings. The highest BCUT2D eigenvalue weighted by Gasteiger charge is 2.08. The topological polar surface area (TPSA) is 0 Å². The van der Waals surface area contributed by atoms with Crippen LogP contribution in [0.4, 0.5) is 0 Å². The summed E-state index contributed by atoms with van der Waals surface area (Å²) in [5, 5.41) is 0. The summed E-state index contributed by atoms with van der Waals surface area (Å²) in [6.07, 6.45) is 1.28. The quantitative estimate of drug-likeness (QED) is 0.491. The summed E-state index contributed by atoms with van der Waals surface area (Å²) in [4.78, 5) is 0. The fraction of sp³-hybridized carbons (Fsp3) is 1.00. The van der Waals surface area contributed by atoms with Crippen LogP contribution >= 0.6 is 22.5 Å². The van der Waals surface area contributed by atoms with Gasteiger partial charge in [0.15, 0.2) is 0 Å². The molecule has 0 fully saturated rings. The summed E-state index contributed by atoms with van der Waals surface area (Å²) < 4.78 is 0. The van der Waals surface area contributed by atoms with Gasteiger partial charge in [-0.05, 0) is 11.8 Å². The predicted octanol–water partition coefficient (Wildman–Crippen LogP) is 3.25. The molecule has 1 atom stereocenters. The number of hydrogen-bond acceptors (Lipinski definition) is 2. The summed E-state index contributed by atoms with van der Waals surface area (Å²) in [6.45, 7) is 6.80. The molecule has 0 bridgehead atoms. The van der Waals surface area contributed by atoms with Crippen LogP contribution in [0.25, 0.3) is 0 Å². The zero-order valence-electron chi connectivity index (χ0n) is 6.42. The second-order valence-electron chi connectivity index (χ2n) is 2.71. The predicted molar refractivity (Wildman–Crippen MR) is 50.1 cm³/mol. The molecule has 1 unspecified atom stereocenters. The molecule has 0 aliphatic heterocycles. The van der Waals surface area contributed by atoms with Crippen LogP contribution < -0.4 is 0 Å². The van der Waals surface area contributed by atoms with Gasteiger partial charge >= 0.3 is 0 Å². The molecule has 0 N–H and O–H groups in total. The minimum atomic E-state index is 0.814. The molecule has 0 saturated heterocycles. The molecule has 0 rings (SSSR count). The molecule has 0 spiro atoms. The van der Waals surface area contributed by atoms with E-state index in [2.05, 4.69) is 32.4 Å². The Morgan fingerprint density at radius 3 is 2.11 bits per heavy atom. The smallest absolute Gasteiger partial charge is 0.00652 e. The van der Waals surface area contributed by atoms with Crippen molar-refractivity contribution in [3.63, 3.8) is 0 Å². The lowest BCUT2D eigenvalue weighted by atomic mass is 9.96. The summed E-state index contributed by atoms with van der Waals surface area (Å²) in [6, 6.07) is 0. The molecule has 0 nitrogen and oxygen atoms in total. The van der Waals surface area contributed by atoms with Gasteiger partial charge in [0.1, 0.15) is 0 Å². The van der Waals surface area contributed by atoms with E-state index < -0.39 is 0 Å². The summed E-state index contributed by atoms with van der Waals surface area (Å²) in [5.74, 6) is 2.86. The Bertz CT molecular complexity index is 61.9. The molecular formula is C7H16S2. The van der Waals surface area contributed by atoms with Crippen LogP contribution in [0, 0.1) is 11.8 Å². The Labute approximate surface area is 67.6 Å². The molecule has 0 aromatic heterocycles. The van der Waals surface area contributed by atoms with Gasteiger partial charge in [-0.25, -0.2) is 0 Å². The molecule has 0 aliphatic carbocycles. The molecule has 9 heavy (non-hydrogen) atoms. The molecule has 0 radical (unpaired) electrons. The molecule has 0 aliphatic rings. The first-order chi connectivity index (χ1) is 4.22. The van der Waals surface area contributed by atoms with Crippen LogP contribution in [0.15, 0.2) is 0 Å². The van der Waals surface area contributed by atoms with Crippen molar-refractivity contribution in [3.05, 3.63) is 0 Å². The van der Waals surface area contributed by atoms with Gasteiger partial charge in [0.25, 0.3) is 0 Å². The summed E-state index contributed by atoms with van der Waals surface area (Å²) >= 11 is 4.13. The highest BCUT2D eigenvalue weighted by molar-refractivity contribution is 8.68. The minimum absolute atomic E-state index is 0.814. The second kappa shape index (κ2) is 5.48. The third kappa shape index (κ3) is 4.15. The van der Waals surface area contributed by atoms with Crippen molar-refractivity contribution in [2.24, 2.45) is 11.8 Å². The molecular weight excluding hydrogens is 148 g/mol. The summed E-state index contributed by atoms with van der Waals surface area (Å²) in [5.41, 5.74) is 0. The Morgan fingerprint density at radius 2 is 2.00 bits per heavy atom. The van der Waals surface area contributed by atoms with E-state index in [0.29, 0.717) is 0 Å². The van der Waals surface area contributed by atoms with E-state index in [1.165, 1.54) is 12.2 Å². The average Bonchev–Trinajstić information content (AvgIpc) is 1.82. The van der Waals surface area contributed by atoms with Crippen LogP contribution in [-0.4, -0.2) is 5.75 Å². The SMILES string of the molecule is CCC(CSS)C(C)C. The Morgan fingerprint density at radius 1 is 1.44 bits per heavy atom. The number of rotatable bonds is 4. The maximum Gasteiger partial charge on any atom is 0.00652 e. The van der Waals surface area contributed by atoms with Gasteiger partial charge in [0.2, 0.25) is 0 Å². The van der Waals surface area contributed by atoms with Crippen LogP contribution in [0.1, 0.15) is 27.2 Å². The van der Waals surface area contributed by atoms with Gasteiger partial charge in [-0.1, -0.05) is 38.0 Å². The van der Waals surface area contributed by atoms with Gasteiger partial charge < -0.3 is 0 Å². The third-order valence-electron chi connectivity index (χ3n) is 1.76. The van der Waals surface area contributed by atoms with E-state index in [-0.39, 0.29) is 0 Å². The lowest BCUT2D eigenvalue weighted by molar-refractivity contribution is 0.415. The highest BCUT2D eigenvalue weighted by atomic mass is 33.1. The van der Waals surface area contributed by atoms with Crippen molar-refractivity contribution >= 4 is 22.5 Å². The zero-order chi connectivity index (χ0) is 7.28. The maximum atomic E-state index is 4.13. The molecule has 2 heteroatoms. The highest BCUT2D eigenvalue weighted by Crippen LogP contribution is 2.21. The van der Waals surface area contributed by atoms with Crippen LogP contribution in [0.5, 0.6) is 0 Å². The normalized spacial score (nSPS) is 14.3. The monoisotopic (exact) mass is 164 g/mol. The summed E-state index contributed by atoms with van der Waals surface area (Å²) in [7, 11) is 1.66. The first kappa shape index (κ1) is 9.70. The molecule has 0 heterocycles. The molecule has 0 aromatic carbocycles. The number of thiol groups is 1. The van der Waals surface area contributed by atoms with Gasteiger partial charge in [0, 0.05) is 5.75 Å². The van der Waals surface area contributed by atoms with E-state index in [0.717, 1.165) is 11.8 Å². The van der Waals surface area contributed by atoms with Gasteiger partial charge in [-0.2, -0.15) is 0 Å². The Hall–Kier alpha value is 0.700. The van der Waals surface area contributed by atoms with Crippen LogP contribution in [0.3, 0.4) is 0 Å². The van der Waals surface area contributed by atoms with Crippen molar-refractivity contribution < 1.29 is 0 Å². The molecule has 0 saturated carbocycles. The molecule has 0 amide bonds. The van der Waals surface area contributed by atoms with Crippen LogP contribution in [-0.2, 0) is 0 Å². The van der Waals surface area contributed by atoms with Crippen molar-refractivity contribution in [3.8, 4) is 0 Å². The van der Waals surface area contributed by atoms with Crippen molar-refractivity contribution in [1.29, 1.82) is 0 Å². The number of hydrogen-bond donors (Lipinski definition) is 1. The minimum Gasteiger partial charge on any atom is -0.111 e. The van der Waals surface area contributed by atoms with E-state index in [4.69, 9.17) is 0 Å².